The summed E-state index contributed by atoms with van der Waals surface area (Å²) in [6, 6.07) is 11.0. The molecule has 0 amide bonds. The molecule has 132 valence electrons. The van der Waals surface area contributed by atoms with Crippen LogP contribution in [0.2, 0.25) is 0 Å². The van der Waals surface area contributed by atoms with Crippen LogP contribution in [-0.2, 0) is 12.8 Å². The normalized spacial score (nSPS) is 19.7. The Morgan fingerprint density at radius 2 is 2.24 bits per heavy atom. The van der Waals surface area contributed by atoms with Crippen molar-refractivity contribution in [2.75, 3.05) is 0 Å². The summed E-state index contributed by atoms with van der Waals surface area (Å²) < 4.78 is 5.30. The van der Waals surface area contributed by atoms with Crippen molar-refractivity contribution in [1.82, 2.24) is 10.3 Å². The molecular formula is C21H26N2O2. The lowest BCUT2D eigenvalue weighted by atomic mass is 9.90. The lowest BCUT2D eigenvalue weighted by Gasteiger charge is -2.28. The highest BCUT2D eigenvalue weighted by Crippen LogP contribution is 2.30. The summed E-state index contributed by atoms with van der Waals surface area (Å²) >= 11 is 0. The Labute approximate surface area is 148 Å². The van der Waals surface area contributed by atoms with Gasteiger partial charge in [0.2, 0.25) is 0 Å². The number of aromatic nitrogens is 1. The molecule has 0 radical (unpaired) electrons. The fourth-order valence-electron chi connectivity index (χ4n) is 4.08. The molecule has 0 saturated heterocycles. The van der Waals surface area contributed by atoms with E-state index in [1.54, 1.807) is 6.26 Å². The third kappa shape index (κ3) is 3.37. The molecule has 4 heteroatoms. The number of aliphatic hydroxyl groups is 1. The van der Waals surface area contributed by atoms with Crippen molar-refractivity contribution in [2.24, 2.45) is 0 Å². The highest BCUT2D eigenvalue weighted by molar-refractivity contribution is 5.85. The first-order valence-corrected chi connectivity index (χ1v) is 9.17. The molecule has 4 rings (SSSR count). The first-order chi connectivity index (χ1) is 12.1. The minimum Gasteiger partial charge on any atom is -0.467 e. The Morgan fingerprint density at radius 3 is 3.04 bits per heavy atom. The van der Waals surface area contributed by atoms with Crippen molar-refractivity contribution in [2.45, 2.75) is 57.7 Å². The van der Waals surface area contributed by atoms with Crippen molar-refractivity contribution >= 4 is 10.9 Å². The molecule has 1 aliphatic rings. The van der Waals surface area contributed by atoms with E-state index in [2.05, 4.69) is 42.3 Å². The average Bonchev–Trinajstić information content (AvgIpc) is 3.22. The molecule has 0 spiro atoms. The van der Waals surface area contributed by atoms with Gasteiger partial charge in [0.1, 0.15) is 11.9 Å². The first kappa shape index (κ1) is 16.4. The summed E-state index contributed by atoms with van der Waals surface area (Å²) in [5.74, 6) is 0.645. The summed E-state index contributed by atoms with van der Waals surface area (Å²) in [5, 5.41) is 15.3. The van der Waals surface area contributed by atoms with Crippen LogP contribution < -0.4 is 5.32 Å². The molecule has 1 aromatic carbocycles. The number of benzene rings is 1. The molecule has 4 nitrogen and oxygen atoms in total. The number of H-pyrrole nitrogens is 1. The van der Waals surface area contributed by atoms with E-state index in [9.17, 15) is 5.11 Å². The lowest BCUT2D eigenvalue weighted by Crippen LogP contribution is -2.40. The van der Waals surface area contributed by atoms with Crippen LogP contribution in [0.4, 0.5) is 0 Å². The predicted molar refractivity (Wildman–Crippen MR) is 99.7 cm³/mol. The summed E-state index contributed by atoms with van der Waals surface area (Å²) in [7, 11) is 0. The van der Waals surface area contributed by atoms with Crippen LogP contribution >= 0.6 is 0 Å². The van der Waals surface area contributed by atoms with Gasteiger partial charge >= 0.3 is 0 Å². The van der Waals surface area contributed by atoms with Crippen molar-refractivity contribution in [3.8, 4) is 0 Å². The molecule has 3 aromatic rings. The highest BCUT2D eigenvalue weighted by Gasteiger charge is 2.24. The van der Waals surface area contributed by atoms with E-state index in [1.807, 2.05) is 12.1 Å². The molecule has 0 bridgehead atoms. The zero-order valence-corrected chi connectivity index (χ0v) is 14.9. The van der Waals surface area contributed by atoms with Gasteiger partial charge in [0, 0.05) is 28.7 Å². The van der Waals surface area contributed by atoms with Crippen molar-refractivity contribution in [1.29, 1.82) is 0 Å². The van der Waals surface area contributed by atoms with Gasteiger partial charge in [0.25, 0.3) is 0 Å². The number of furan rings is 1. The highest BCUT2D eigenvalue weighted by atomic mass is 16.4. The second-order valence-corrected chi connectivity index (χ2v) is 7.41. The third-order valence-electron chi connectivity index (χ3n) is 5.31. The zero-order valence-electron chi connectivity index (χ0n) is 14.9. The Kier molecular flexibility index (Phi) is 4.40. The molecule has 3 unspecified atom stereocenters. The summed E-state index contributed by atoms with van der Waals surface area (Å²) in [4.78, 5) is 3.59. The van der Waals surface area contributed by atoms with E-state index in [0.717, 1.165) is 19.3 Å². The molecule has 25 heavy (non-hydrogen) atoms. The standard InChI is InChI=1S/C21H26N2O2/c1-13-5-7-18-16(10-13)17-12-15(6-8-19(17)23-18)22-14(2)11-20(24)21-4-3-9-25-21/h3-5,7,9-10,14-15,20,22-24H,6,8,11-12H2,1-2H3. The number of aromatic amines is 1. The van der Waals surface area contributed by atoms with Crippen LogP contribution in [-0.4, -0.2) is 22.2 Å². The third-order valence-corrected chi connectivity index (χ3v) is 5.31. The number of hydrogen-bond donors (Lipinski definition) is 3. The van der Waals surface area contributed by atoms with Gasteiger partial charge in [-0.2, -0.15) is 0 Å². The van der Waals surface area contributed by atoms with Crippen LogP contribution in [0.1, 0.15) is 48.5 Å². The summed E-state index contributed by atoms with van der Waals surface area (Å²) in [5.41, 5.74) is 5.40. The number of aliphatic hydroxyl groups excluding tert-OH is 1. The summed E-state index contributed by atoms with van der Waals surface area (Å²) in [6.07, 6.45) is 4.96. The van der Waals surface area contributed by atoms with E-state index in [4.69, 9.17) is 4.42 Å². The van der Waals surface area contributed by atoms with Crippen molar-refractivity contribution < 1.29 is 9.52 Å². The van der Waals surface area contributed by atoms with Crippen molar-refractivity contribution in [3.63, 3.8) is 0 Å². The van der Waals surface area contributed by atoms with Crippen LogP contribution in [0, 0.1) is 6.92 Å². The quantitative estimate of drug-likeness (QED) is 0.658. The number of aryl methyl sites for hydroxylation is 2. The molecule has 3 atom stereocenters. The number of rotatable bonds is 5. The van der Waals surface area contributed by atoms with Crippen LogP contribution in [0.15, 0.2) is 41.0 Å². The van der Waals surface area contributed by atoms with Crippen LogP contribution in [0.5, 0.6) is 0 Å². The Bertz CT molecular complexity index is 850. The van der Waals surface area contributed by atoms with Crippen LogP contribution in [0.25, 0.3) is 10.9 Å². The van der Waals surface area contributed by atoms with Gasteiger partial charge in [-0.3, -0.25) is 0 Å². The molecule has 0 fully saturated rings. The van der Waals surface area contributed by atoms with E-state index in [-0.39, 0.29) is 6.04 Å². The molecule has 2 heterocycles. The average molecular weight is 338 g/mol. The van der Waals surface area contributed by atoms with Gasteiger partial charge in [-0.1, -0.05) is 11.6 Å². The molecule has 1 aliphatic carbocycles. The Hall–Kier alpha value is -2.04. The zero-order chi connectivity index (χ0) is 17.4. The Morgan fingerprint density at radius 1 is 1.36 bits per heavy atom. The minimum absolute atomic E-state index is 0.235. The minimum atomic E-state index is -0.549. The molecule has 0 saturated carbocycles. The van der Waals surface area contributed by atoms with Gasteiger partial charge in [-0.25, -0.2) is 0 Å². The number of nitrogens with one attached hydrogen (secondary N) is 2. The molecule has 3 N–H and O–H groups in total. The van der Waals surface area contributed by atoms with Gasteiger partial charge in [-0.15, -0.1) is 0 Å². The number of hydrogen-bond acceptors (Lipinski definition) is 3. The Balaban J connectivity index is 1.43. The number of fused-ring (bicyclic) bond motifs is 3. The van der Waals surface area contributed by atoms with E-state index in [0.29, 0.717) is 18.2 Å². The molecule has 0 aliphatic heterocycles. The predicted octanol–water partition coefficient (Wildman–Crippen LogP) is 4.03. The topological polar surface area (TPSA) is 61.2 Å². The molecular weight excluding hydrogens is 312 g/mol. The van der Waals surface area contributed by atoms with Gasteiger partial charge in [0.05, 0.1) is 6.26 Å². The van der Waals surface area contributed by atoms with Crippen molar-refractivity contribution in [3.05, 3.63) is 59.2 Å². The maximum atomic E-state index is 10.3. The van der Waals surface area contributed by atoms with Gasteiger partial charge in [0.15, 0.2) is 0 Å². The molecule has 2 aromatic heterocycles. The van der Waals surface area contributed by atoms with Crippen LogP contribution in [0.3, 0.4) is 0 Å². The second-order valence-electron chi connectivity index (χ2n) is 7.41. The first-order valence-electron chi connectivity index (χ1n) is 9.17. The van der Waals surface area contributed by atoms with E-state index < -0.39 is 6.10 Å². The second kappa shape index (κ2) is 6.70. The van der Waals surface area contributed by atoms with E-state index in [1.165, 1.54) is 27.7 Å². The maximum Gasteiger partial charge on any atom is 0.132 e. The smallest absolute Gasteiger partial charge is 0.132 e. The lowest BCUT2D eigenvalue weighted by molar-refractivity contribution is 0.126. The maximum absolute atomic E-state index is 10.3. The largest absolute Gasteiger partial charge is 0.467 e. The SMILES string of the molecule is Cc1ccc2[nH]c3c(c2c1)CC(NC(C)CC(O)c1ccco1)CC3. The van der Waals surface area contributed by atoms with Gasteiger partial charge < -0.3 is 19.8 Å². The fraction of sp³-hybridized carbons (Fsp3) is 0.429. The van der Waals surface area contributed by atoms with E-state index >= 15 is 0 Å². The fourth-order valence-corrected chi connectivity index (χ4v) is 4.08. The monoisotopic (exact) mass is 338 g/mol. The summed E-state index contributed by atoms with van der Waals surface area (Å²) in [6.45, 7) is 4.29. The van der Waals surface area contributed by atoms with Gasteiger partial charge in [-0.05, 0) is 69.4 Å².